The Labute approximate surface area is 151 Å². The van der Waals surface area contributed by atoms with Crippen molar-refractivity contribution in [3.05, 3.63) is 17.0 Å². The number of carboxylic acids is 1. The molecular weight excluding hydrogens is 364 g/mol. The number of aryl methyl sites for hydroxylation is 1. The first-order valence-corrected chi connectivity index (χ1v) is 10.7. The van der Waals surface area contributed by atoms with Crippen molar-refractivity contribution in [1.29, 1.82) is 0 Å². The maximum absolute atomic E-state index is 13.0. The lowest BCUT2D eigenvalue weighted by Crippen LogP contribution is -2.49. The average molecular weight is 386 g/mol. The second-order valence-electron chi connectivity index (χ2n) is 6.56. The molecule has 0 saturated carbocycles. The molecular formula is C16H22N2O5S2. The fraction of sp³-hybridized carbons (Fsp3) is 0.625. The molecule has 3 rings (SSSR count). The summed E-state index contributed by atoms with van der Waals surface area (Å²) >= 11 is 1.20. The summed E-state index contributed by atoms with van der Waals surface area (Å²) in [4.78, 5) is 26.5. The molecule has 1 N–H and O–H groups in total. The number of hydrogen-bond donors (Lipinski definition) is 1. The molecule has 2 aliphatic rings. The SMILES string of the molecule is Cc1ccc(S(=O)(=O)N2CCCC2C(=O)N2CCCC2CC(=O)O)s1. The third-order valence-corrected chi connectivity index (χ3v) is 8.21. The van der Waals surface area contributed by atoms with E-state index >= 15 is 0 Å². The van der Waals surface area contributed by atoms with Crippen LogP contribution in [0.2, 0.25) is 0 Å². The molecule has 7 nitrogen and oxygen atoms in total. The van der Waals surface area contributed by atoms with E-state index in [1.165, 1.54) is 15.6 Å². The molecule has 0 radical (unpaired) electrons. The minimum absolute atomic E-state index is 0.0880. The van der Waals surface area contributed by atoms with Crippen LogP contribution in [0, 0.1) is 6.92 Å². The van der Waals surface area contributed by atoms with Gasteiger partial charge in [-0.15, -0.1) is 11.3 Å². The van der Waals surface area contributed by atoms with Gasteiger partial charge in [-0.2, -0.15) is 4.31 Å². The summed E-state index contributed by atoms with van der Waals surface area (Å²) in [6, 6.07) is 2.28. The first-order chi connectivity index (χ1) is 11.8. The van der Waals surface area contributed by atoms with Crippen molar-refractivity contribution in [3.8, 4) is 0 Å². The van der Waals surface area contributed by atoms with Crippen LogP contribution < -0.4 is 0 Å². The quantitative estimate of drug-likeness (QED) is 0.831. The van der Waals surface area contributed by atoms with Crippen LogP contribution >= 0.6 is 11.3 Å². The van der Waals surface area contributed by atoms with Gasteiger partial charge in [0.2, 0.25) is 5.91 Å². The number of hydrogen-bond acceptors (Lipinski definition) is 5. The fourth-order valence-corrected chi connectivity index (χ4v) is 6.74. The summed E-state index contributed by atoms with van der Waals surface area (Å²) in [5.74, 6) is -1.19. The lowest BCUT2D eigenvalue weighted by atomic mass is 10.1. The average Bonchev–Trinajstić information content (AvgIpc) is 3.25. The van der Waals surface area contributed by atoms with Gasteiger partial charge in [0, 0.05) is 24.0 Å². The monoisotopic (exact) mass is 386 g/mol. The first kappa shape index (κ1) is 18.3. The number of amides is 1. The molecule has 0 aliphatic carbocycles. The van der Waals surface area contributed by atoms with Crippen molar-refractivity contribution >= 4 is 33.2 Å². The van der Waals surface area contributed by atoms with E-state index in [9.17, 15) is 18.0 Å². The largest absolute Gasteiger partial charge is 0.481 e. The Morgan fingerprint density at radius 3 is 2.60 bits per heavy atom. The van der Waals surface area contributed by atoms with Crippen LogP contribution in [-0.4, -0.2) is 59.8 Å². The molecule has 0 spiro atoms. The number of carbonyl (C=O) groups is 2. The molecule has 3 heterocycles. The second kappa shape index (κ2) is 7.05. The molecule has 2 fully saturated rings. The maximum Gasteiger partial charge on any atom is 0.305 e. The molecule has 2 saturated heterocycles. The van der Waals surface area contributed by atoms with Crippen LogP contribution in [0.25, 0.3) is 0 Å². The summed E-state index contributed by atoms with van der Waals surface area (Å²) in [6.07, 6.45) is 2.44. The summed E-state index contributed by atoms with van der Waals surface area (Å²) in [6.45, 7) is 2.67. The van der Waals surface area contributed by atoms with Gasteiger partial charge in [0.05, 0.1) is 6.42 Å². The molecule has 1 aromatic heterocycles. The molecule has 1 amide bonds. The zero-order valence-corrected chi connectivity index (χ0v) is 15.7. The van der Waals surface area contributed by atoms with Gasteiger partial charge in [0.25, 0.3) is 10.0 Å². The van der Waals surface area contributed by atoms with Crippen molar-refractivity contribution in [2.45, 2.75) is 55.3 Å². The normalized spacial score (nSPS) is 24.8. The minimum Gasteiger partial charge on any atom is -0.481 e. The van der Waals surface area contributed by atoms with E-state index in [1.807, 2.05) is 6.92 Å². The van der Waals surface area contributed by atoms with Crippen LogP contribution in [0.4, 0.5) is 0 Å². The maximum atomic E-state index is 13.0. The van der Waals surface area contributed by atoms with E-state index in [1.54, 1.807) is 17.0 Å². The lowest BCUT2D eigenvalue weighted by molar-refractivity contribution is -0.141. The Hall–Kier alpha value is -1.45. The predicted molar refractivity (Wildman–Crippen MR) is 93.0 cm³/mol. The topological polar surface area (TPSA) is 95.0 Å². The van der Waals surface area contributed by atoms with Gasteiger partial charge >= 0.3 is 5.97 Å². The number of carboxylic acid groups (broad SMARTS) is 1. The van der Waals surface area contributed by atoms with Crippen LogP contribution in [0.1, 0.15) is 37.0 Å². The Morgan fingerprint density at radius 1 is 1.24 bits per heavy atom. The van der Waals surface area contributed by atoms with Gasteiger partial charge in [0.15, 0.2) is 0 Å². The van der Waals surface area contributed by atoms with Crippen molar-refractivity contribution in [1.82, 2.24) is 9.21 Å². The number of likely N-dealkylation sites (tertiary alicyclic amines) is 1. The standard InChI is InChI=1S/C16H22N2O5S2/c1-11-6-7-15(24-11)25(22,23)18-9-3-5-13(18)16(21)17-8-2-4-12(17)10-14(19)20/h6-7,12-13H,2-5,8-10H2,1H3,(H,19,20). The summed E-state index contributed by atoms with van der Waals surface area (Å²) < 4.78 is 27.4. The molecule has 0 aromatic carbocycles. The molecule has 2 aliphatic heterocycles. The van der Waals surface area contributed by atoms with E-state index in [0.717, 1.165) is 11.3 Å². The second-order valence-corrected chi connectivity index (χ2v) is 9.97. The lowest BCUT2D eigenvalue weighted by Gasteiger charge is -2.30. The Kier molecular flexibility index (Phi) is 5.17. The van der Waals surface area contributed by atoms with E-state index in [0.29, 0.717) is 32.4 Å². The number of carbonyl (C=O) groups excluding carboxylic acids is 1. The molecule has 2 unspecified atom stereocenters. The number of sulfonamides is 1. The highest BCUT2D eigenvalue weighted by molar-refractivity contribution is 7.91. The smallest absolute Gasteiger partial charge is 0.305 e. The highest BCUT2D eigenvalue weighted by Gasteiger charge is 2.44. The van der Waals surface area contributed by atoms with E-state index in [-0.39, 0.29) is 22.6 Å². The van der Waals surface area contributed by atoms with Crippen LogP contribution in [0.15, 0.2) is 16.3 Å². The summed E-state index contributed by atoms with van der Waals surface area (Å²) in [5, 5.41) is 9.03. The molecule has 25 heavy (non-hydrogen) atoms. The third kappa shape index (κ3) is 3.58. The number of rotatable bonds is 5. The number of aliphatic carboxylic acids is 1. The zero-order chi connectivity index (χ0) is 18.2. The zero-order valence-electron chi connectivity index (χ0n) is 14.1. The van der Waals surface area contributed by atoms with E-state index in [4.69, 9.17) is 5.11 Å². The molecule has 1 aromatic rings. The molecule has 0 bridgehead atoms. The van der Waals surface area contributed by atoms with Crippen molar-refractivity contribution in [2.24, 2.45) is 0 Å². The molecule has 2 atom stereocenters. The van der Waals surface area contributed by atoms with Gasteiger partial charge in [0.1, 0.15) is 10.3 Å². The Bertz CT molecular complexity index is 773. The summed E-state index contributed by atoms with van der Waals surface area (Å²) in [7, 11) is -3.69. The van der Waals surface area contributed by atoms with E-state index in [2.05, 4.69) is 0 Å². The van der Waals surface area contributed by atoms with Gasteiger partial charge in [-0.3, -0.25) is 9.59 Å². The van der Waals surface area contributed by atoms with Crippen LogP contribution in [0.5, 0.6) is 0 Å². The fourth-order valence-electron chi connectivity index (χ4n) is 3.67. The minimum atomic E-state index is -3.69. The van der Waals surface area contributed by atoms with Crippen LogP contribution in [0.3, 0.4) is 0 Å². The van der Waals surface area contributed by atoms with Crippen molar-refractivity contribution in [3.63, 3.8) is 0 Å². The van der Waals surface area contributed by atoms with Crippen molar-refractivity contribution < 1.29 is 23.1 Å². The highest BCUT2D eigenvalue weighted by atomic mass is 32.2. The number of thiophene rings is 1. The Balaban J connectivity index is 1.81. The number of nitrogens with zero attached hydrogens (tertiary/aromatic N) is 2. The molecule has 9 heteroatoms. The Morgan fingerprint density at radius 2 is 1.96 bits per heavy atom. The third-order valence-electron chi connectivity index (χ3n) is 4.84. The van der Waals surface area contributed by atoms with Crippen molar-refractivity contribution in [2.75, 3.05) is 13.1 Å². The predicted octanol–water partition coefficient (Wildman–Crippen LogP) is 1.68. The van der Waals surface area contributed by atoms with Crippen LogP contribution in [-0.2, 0) is 19.6 Å². The summed E-state index contributed by atoms with van der Waals surface area (Å²) in [5.41, 5.74) is 0. The highest BCUT2D eigenvalue weighted by Crippen LogP contribution is 2.32. The van der Waals surface area contributed by atoms with Gasteiger partial charge in [-0.05, 0) is 44.7 Å². The molecule has 138 valence electrons. The first-order valence-electron chi connectivity index (χ1n) is 8.41. The van der Waals surface area contributed by atoms with E-state index < -0.39 is 22.0 Å². The van der Waals surface area contributed by atoms with Gasteiger partial charge in [-0.1, -0.05) is 0 Å². The van der Waals surface area contributed by atoms with Gasteiger partial charge in [-0.25, -0.2) is 8.42 Å². The van der Waals surface area contributed by atoms with Gasteiger partial charge < -0.3 is 10.0 Å².